The first-order valence-electron chi connectivity index (χ1n) is 7.00. The Balaban J connectivity index is 1.79. The predicted molar refractivity (Wildman–Crippen MR) is 81.1 cm³/mol. The van der Waals surface area contributed by atoms with E-state index in [0.717, 1.165) is 4.68 Å². The minimum atomic E-state index is -1.64. The van der Waals surface area contributed by atoms with Gasteiger partial charge in [0.15, 0.2) is 23.2 Å². The zero-order chi connectivity index (χ0) is 18.0. The summed E-state index contributed by atoms with van der Waals surface area (Å²) in [7, 11) is 0. The van der Waals surface area contributed by atoms with E-state index in [4.69, 9.17) is 4.42 Å². The lowest BCUT2D eigenvalue weighted by molar-refractivity contribution is -0.117. The highest BCUT2D eigenvalue weighted by atomic mass is 19.2. The van der Waals surface area contributed by atoms with Gasteiger partial charge in [-0.15, -0.1) is 0 Å². The van der Waals surface area contributed by atoms with Crippen molar-refractivity contribution in [3.05, 3.63) is 70.5 Å². The molecule has 2 aromatic heterocycles. The smallest absolute Gasteiger partial charge is 0.267 e. The number of rotatable bonds is 4. The number of amides is 1. The van der Waals surface area contributed by atoms with Crippen LogP contribution in [0.1, 0.15) is 0 Å². The Kier molecular flexibility index (Phi) is 4.38. The van der Waals surface area contributed by atoms with Gasteiger partial charge >= 0.3 is 0 Å². The first kappa shape index (κ1) is 16.5. The number of furan rings is 1. The van der Waals surface area contributed by atoms with Crippen molar-refractivity contribution in [1.29, 1.82) is 0 Å². The topological polar surface area (TPSA) is 77.1 Å². The largest absolute Gasteiger partial charge is 0.463 e. The Morgan fingerprint density at radius 1 is 1.16 bits per heavy atom. The molecular weight excluding hydrogens is 339 g/mol. The molecule has 0 radical (unpaired) electrons. The molecule has 3 rings (SSSR count). The van der Waals surface area contributed by atoms with Crippen LogP contribution < -0.4 is 10.9 Å². The molecule has 9 heteroatoms. The molecule has 3 aromatic rings. The molecule has 0 fully saturated rings. The fourth-order valence-electron chi connectivity index (χ4n) is 2.08. The van der Waals surface area contributed by atoms with Crippen molar-refractivity contribution in [2.45, 2.75) is 6.54 Å². The summed E-state index contributed by atoms with van der Waals surface area (Å²) in [4.78, 5) is 23.8. The van der Waals surface area contributed by atoms with E-state index in [1.165, 1.54) is 18.4 Å². The fourth-order valence-corrected chi connectivity index (χ4v) is 2.08. The second kappa shape index (κ2) is 6.63. The third-order valence-corrected chi connectivity index (χ3v) is 3.20. The molecule has 1 N–H and O–H groups in total. The molecule has 0 spiro atoms. The number of carbonyl (C=O) groups is 1. The molecule has 0 saturated heterocycles. The van der Waals surface area contributed by atoms with Gasteiger partial charge in [0, 0.05) is 23.9 Å². The fraction of sp³-hybridized carbons (Fsp3) is 0.0625. The summed E-state index contributed by atoms with van der Waals surface area (Å²) < 4.78 is 45.2. The minimum Gasteiger partial charge on any atom is -0.463 e. The van der Waals surface area contributed by atoms with Gasteiger partial charge in [0.05, 0.1) is 6.26 Å². The lowest BCUT2D eigenvalue weighted by atomic mass is 10.3. The Morgan fingerprint density at radius 2 is 1.88 bits per heavy atom. The monoisotopic (exact) mass is 349 g/mol. The number of halogens is 3. The minimum absolute atomic E-state index is 0.281. The van der Waals surface area contributed by atoms with Gasteiger partial charge < -0.3 is 9.73 Å². The average molecular weight is 349 g/mol. The van der Waals surface area contributed by atoms with Crippen LogP contribution in [0.2, 0.25) is 0 Å². The van der Waals surface area contributed by atoms with Crippen molar-refractivity contribution in [1.82, 2.24) is 9.78 Å². The van der Waals surface area contributed by atoms with Gasteiger partial charge in [0.1, 0.15) is 12.2 Å². The molecule has 1 amide bonds. The van der Waals surface area contributed by atoms with Gasteiger partial charge in [0.2, 0.25) is 5.91 Å². The van der Waals surface area contributed by atoms with Gasteiger partial charge in [0.25, 0.3) is 5.56 Å². The number of nitrogens with zero attached hydrogens (tertiary/aromatic N) is 2. The second-order valence-corrected chi connectivity index (χ2v) is 4.99. The van der Waals surface area contributed by atoms with Gasteiger partial charge in [-0.05, 0) is 18.2 Å². The molecule has 25 heavy (non-hydrogen) atoms. The van der Waals surface area contributed by atoms with E-state index < -0.39 is 35.5 Å². The zero-order valence-electron chi connectivity index (χ0n) is 12.5. The van der Waals surface area contributed by atoms with E-state index >= 15 is 0 Å². The Hall–Kier alpha value is -3.36. The Labute approximate surface area is 138 Å². The van der Waals surface area contributed by atoms with Crippen LogP contribution in [0, 0.1) is 17.5 Å². The first-order valence-corrected chi connectivity index (χ1v) is 7.00. The molecular formula is C16H10F3N3O3. The van der Waals surface area contributed by atoms with Crippen molar-refractivity contribution in [2.75, 3.05) is 5.32 Å². The number of hydrogen-bond donors (Lipinski definition) is 1. The molecule has 0 unspecified atom stereocenters. The maximum atomic E-state index is 13.1. The first-order chi connectivity index (χ1) is 11.9. The van der Waals surface area contributed by atoms with Crippen molar-refractivity contribution in [3.8, 4) is 11.5 Å². The summed E-state index contributed by atoms with van der Waals surface area (Å²) >= 11 is 0. The summed E-state index contributed by atoms with van der Waals surface area (Å²) in [5.74, 6) is -4.88. The summed E-state index contributed by atoms with van der Waals surface area (Å²) in [5.41, 5.74) is -0.505. The molecule has 0 aliphatic heterocycles. The number of aromatic nitrogens is 2. The maximum absolute atomic E-state index is 13.1. The predicted octanol–water partition coefficient (Wildman–Crippen LogP) is 2.56. The number of nitrogens with one attached hydrogen (secondary N) is 1. The van der Waals surface area contributed by atoms with E-state index in [1.54, 1.807) is 12.1 Å². The van der Waals surface area contributed by atoms with Crippen LogP contribution in [0.5, 0.6) is 0 Å². The lowest BCUT2D eigenvalue weighted by Crippen LogP contribution is -2.29. The Morgan fingerprint density at radius 3 is 2.52 bits per heavy atom. The van der Waals surface area contributed by atoms with Crippen LogP contribution in [0.3, 0.4) is 0 Å². The zero-order valence-corrected chi connectivity index (χ0v) is 12.5. The van der Waals surface area contributed by atoms with Gasteiger partial charge in [-0.3, -0.25) is 9.59 Å². The molecule has 6 nitrogen and oxygen atoms in total. The van der Waals surface area contributed by atoms with Crippen molar-refractivity contribution in [2.24, 2.45) is 0 Å². The molecule has 2 heterocycles. The van der Waals surface area contributed by atoms with Crippen molar-refractivity contribution < 1.29 is 22.4 Å². The number of benzene rings is 1. The molecule has 0 aliphatic carbocycles. The van der Waals surface area contributed by atoms with E-state index in [0.29, 0.717) is 23.6 Å². The molecule has 0 atom stereocenters. The molecule has 128 valence electrons. The standard InChI is InChI=1S/C16H10F3N3O3/c17-10-6-9(7-11(18)16(10)19)20-14(23)8-22-15(24)4-3-12(21-22)13-2-1-5-25-13/h1-7H,8H2,(H,20,23). The molecule has 1 aromatic carbocycles. The van der Waals surface area contributed by atoms with E-state index in [-0.39, 0.29) is 5.69 Å². The normalized spacial score (nSPS) is 10.7. The van der Waals surface area contributed by atoms with E-state index in [1.807, 2.05) is 0 Å². The summed E-state index contributed by atoms with van der Waals surface area (Å²) in [6.07, 6.45) is 1.43. The van der Waals surface area contributed by atoms with Crippen molar-refractivity contribution in [3.63, 3.8) is 0 Å². The van der Waals surface area contributed by atoms with Crippen LogP contribution in [0.4, 0.5) is 18.9 Å². The number of hydrogen-bond acceptors (Lipinski definition) is 4. The van der Waals surface area contributed by atoms with E-state index in [9.17, 15) is 22.8 Å². The van der Waals surface area contributed by atoms with Crippen LogP contribution >= 0.6 is 0 Å². The highest BCUT2D eigenvalue weighted by Crippen LogP contribution is 2.17. The molecule has 0 bridgehead atoms. The SMILES string of the molecule is O=C(Cn1nc(-c2ccco2)ccc1=O)Nc1cc(F)c(F)c(F)c1. The molecule has 0 saturated carbocycles. The lowest BCUT2D eigenvalue weighted by Gasteiger charge is -2.08. The van der Waals surface area contributed by atoms with Crippen LogP contribution in [-0.4, -0.2) is 15.7 Å². The molecule has 0 aliphatic rings. The van der Waals surface area contributed by atoms with Gasteiger partial charge in [-0.2, -0.15) is 5.10 Å². The van der Waals surface area contributed by atoms with E-state index in [2.05, 4.69) is 10.4 Å². The highest BCUT2D eigenvalue weighted by Gasteiger charge is 2.13. The second-order valence-electron chi connectivity index (χ2n) is 4.99. The quantitative estimate of drug-likeness (QED) is 0.735. The third-order valence-electron chi connectivity index (χ3n) is 3.20. The summed E-state index contributed by atoms with van der Waals surface area (Å²) in [5, 5.41) is 6.16. The highest BCUT2D eigenvalue weighted by molar-refractivity contribution is 5.90. The van der Waals surface area contributed by atoms with Crippen molar-refractivity contribution >= 4 is 11.6 Å². The third kappa shape index (κ3) is 3.60. The van der Waals surface area contributed by atoms with Gasteiger partial charge in [-0.1, -0.05) is 0 Å². The maximum Gasteiger partial charge on any atom is 0.267 e. The van der Waals surface area contributed by atoms with Crippen LogP contribution in [0.25, 0.3) is 11.5 Å². The van der Waals surface area contributed by atoms with Crippen LogP contribution in [-0.2, 0) is 11.3 Å². The number of anilines is 1. The summed E-state index contributed by atoms with van der Waals surface area (Å²) in [6.45, 7) is -0.506. The van der Waals surface area contributed by atoms with Gasteiger partial charge in [-0.25, -0.2) is 17.9 Å². The average Bonchev–Trinajstić information content (AvgIpc) is 3.09. The Bertz CT molecular complexity index is 961. The summed E-state index contributed by atoms with van der Waals surface area (Å²) in [6, 6.07) is 7.16. The van der Waals surface area contributed by atoms with Crippen LogP contribution in [0.15, 0.2) is 51.9 Å². The number of carbonyl (C=O) groups excluding carboxylic acids is 1.